The number of nitrogens with one attached hydrogen (secondary N) is 3. The van der Waals surface area contributed by atoms with Gasteiger partial charge in [0, 0.05) is 12.2 Å². The van der Waals surface area contributed by atoms with Crippen LogP contribution in [0.15, 0.2) is 0 Å². The Bertz CT molecular complexity index is 577. The van der Waals surface area contributed by atoms with E-state index in [4.69, 9.17) is 16.6 Å². The molecule has 11 nitrogen and oxygen atoms in total. The molecule has 0 aromatic heterocycles. The summed E-state index contributed by atoms with van der Waals surface area (Å²) >= 11 is 5.44. The van der Waals surface area contributed by atoms with Crippen LogP contribution in [0.3, 0.4) is 0 Å². The first-order valence-electron chi connectivity index (χ1n) is 8.36. The molecule has 0 heterocycles. The molecule has 3 atom stereocenters. The summed E-state index contributed by atoms with van der Waals surface area (Å²) in [6.45, 7) is -0.597. The zero-order chi connectivity index (χ0) is 21.7. The van der Waals surface area contributed by atoms with E-state index in [9.17, 15) is 24.0 Å². The number of hydrogen-bond donors (Lipinski definition) is 7. The van der Waals surface area contributed by atoms with E-state index >= 15 is 0 Å². The monoisotopic (exact) mass is 437 g/mol. The van der Waals surface area contributed by atoms with Crippen LogP contribution in [0, 0.1) is 0 Å². The molecular weight excluding hydrogens is 410 g/mol. The molecule has 0 saturated heterocycles. The molecule has 0 spiro atoms. The van der Waals surface area contributed by atoms with Crippen LogP contribution in [0.5, 0.6) is 0 Å². The maximum Gasteiger partial charge on any atom is 0.322 e. The molecule has 0 bridgehead atoms. The van der Waals surface area contributed by atoms with Crippen molar-refractivity contribution in [3.05, 3.63) is 0 Å². The van der Waals surface area contributed by atoms with Gasteiger partial charge in [-0.25, -0.2) is 0 Å². The van der Waals surface area contributed by atoms with Crippen molar-refractivity contribution >= 4 is 54.0 Å². The van der Waals surface area contributed by atoms with Gasteiger partial charge in [0.25, 0.3) is 0 Å². The van der Waals surface area contributed by atoms with Crippen LogP contribution < -0.4 is 27.4 Å². The van der Waals surface area contributed by atoms with Crippen LogP contribution in [0.25, 0.3) is 0 Å². The second-order valence-corrected chi connectivity index (χ2v) is 7.16. The van der Waals surface area contributed by atoms with Gasteiger partial charge in [0.1, 0.15) is 18.6 Å². The third kappa shape index (κ3) is 11.0. The summed E-state index contributed by atoms with van der Waals surface area (Å²) in [4.78, 5) is 57.9. The average molecular weight is 438 g/mol. The fraction of sp³-hybridized carbons (Fsp3) is 0.667. The normalized spacial score (nSPS) is 13.7. The molecule has 0 aliphatic carbocycles. The summed E-state index contributed by atoms with van der Waals surface area (Å²) < 4.78 is 0. The first-order valence-corrected chi connectivity index (χ1v) is 10.4. The van der Waals surface area contributed by atoms with E-state index in [2.05, 4.69) is 28.6 Å². The minimum atomic E-state index is -1.23. The SMILES string of the molecule is CSCCC(NC(=O)C(N)CCC(N)=O)C(=O)NC(CS)C(=O)NCC(=O)O. The second kappa shape index (κ2) is 14.1. The van der Waals surface area contributed by atoms with Crippen LogP contribution >= 0.6 is 24.4 Å². The number of aliphatic carboxylic acids is 1. The van der Waals surface area contributed by atoms with Gasteiger partial charge in [0.05, 0.1) is 6.04 Å². The lowest BCUT2D eigenvalue weighted by molar-refractivity contribution is -0.138. The van der Waals surface area contributed by atoms with Crippen LogP contribution in [0.4, 0.5) is 0 Å². The summed E-state index contributed by atoms with van der Waals surface area (Å²) in [5.41, 5.74) is 10.7. The lowest BCUT2D eigenvalue weighted by Crippen LogP contribution is -2.56. The van der Waals surface area contributed by atoms with Gasteiger partial charge in [-0.1, -0.05) is 0 Å². The van der Waals surface area contributed by atoms with E-state index in [0.717, 1.165) is 0 Å². The van der Waals surface area contributed by atoms with Gasteiger partial charge in [0.15, 0.2) is 0 Å². The zero-order valence-electron chi connectivity index (χ0n) is 15.5. The fourth-order valence-corrected chi connectivity index (χ4v) is 2.69. The Morgan fingerprint density at radius 3 is 2.14 bits per heavy atom. The largest absolute Gasteiger partial charge is 0.480 e. The predicted octanol–water partition coefficient (Wildman–Crippen LogP) is -2.57. The summed E-state index contributed by atoms with van der Waals surface area (Å²) in [5, 5.41) is 15.7. The molecule has 4 amide bonds. The van der Waals surface area contributed by atoms with Crippen LogP contribution in [-0.4, -0.2) is 77.1 Å². The molecule has 0 aromatic rings. The summed E-state index contributed by atoms with van der Waals surface area (Å²) in [6, 6.07) is -3.06. The van der Waals surface area contributed by atoms with Crippen molar-refractivity contribution in [2.75, 3.05) is 24.3 Å². The molecule has 3 unspecified atom stereocenters. The van der Waals surface area contributed by atoms with Gasteiger partial charge >= 0.3 is 5.97 Å². The van der Waals surface area contributed by atoms with Crippen LogP contribution in [0.1, 0.15) is 19.3 Å². The minimum absolute atomic E-state index is 0.0366. The molecule has 0 radical (unpaired) electrons. The topological polar surface area (TPSA) is 194 Å². The van der Waals surface area contributed by atoms with E-state index in [-0.39, 0.29) is 25.0 Å². The van der Waals surface area contributed by atoms with Crippen molar-refractivity contribution in [1.29, 1.82) is 0 Å². The standard InChI is InChI=1S/C15H27N5O6S2/c1-28-5-4-9(19-13(24)8(16)2-3-11(17)21)15(26)20-10(7-27)14(25)18-6-12(22)23/h8-10,27H,2-7,16H2,1H3,(H2,17,21)(H,18,25)(H,19,24)(H,20,26)(H,22,23). The van der Waals surface area contributed by atoms with Gasteiger partial charge in [0.2, 0.25) is 23.6 Å². The molecule has 160 valence electrons. The second-order valence-electron chi connectivity index (χ2n) is 5.81. The van der Waals surface area contributed by atoms with Crippen molar-refractivity contribution in [2.24, 2.45) is 11.5 Å². The molecule has 28 heavy (non-hydrogen) atoms. The molecular formula is C15H27N5O6S2. The number of thiol groups is 1. The van der Waals surface area contributed by atoms with Crippen molar-refractivity contribution in [1.82, 2.24) is 16.0 Å². The smallest absolute Gasteiger partial charge is 0.322 e. The molecule has 0 fully saturated rings. The highest BCUT2D eigenvalue weighted by Gasteiger charge is 2.27. The number of primary amides is 1. The number of rotatable bonds is 14. The Labute approximate surface area is 172 Å². The quantitative estimate of drug-likeness (QED) is 0.144. The van der Waals surface area contributed by atoms with Crippen molar-refractivity contribution < 1.29 is 29.1 Å². The number of carboxylic acid groups (broad SMARTS) is 1. The van der Waals surface area contributed by atoms with E-state index in [0.29, 0.717) is 5.75 Å². The van der Waals surface area contributed by atoms with E-state index < -0.39 is 54.3 Å². The number of hydrogen-bond acceptors (Lipinski definition) is 8. The van der Waals surface area contributed by atoms with Gasteiger partial charge in [-0.05, 0) is 24.9 Å². The summed E-state index contributed by atoms with van der Waals surface area (Å²) in [5.74, 6) is -3.31. The molecule has 8 N–H and O–H groups in total. The van der Waals surface area contributed by atoms with Gasteiger partial charge < -0.3 is 32.5 Å². The molecule has 0 rings (SSSR count). The van der Waals surface area contributed by atoms with Crippen molar-refractivity contribution in [3.63, 3.8) is 0 Å². The minimum Gasteiger partial charge on any atom is -0.480 e. The van der Waals surface area contributed by atoms with Crippen LogP contribution in [0.2, 0.25) is 0 Å². The Kier molecular flexibility index (Phi) is 13.1. The maximum atomic E-state index is 12.5. The number of nitrogens with two attached hydrogens (primary N) is 2. The Balaban J connectivity index is 4.93. The van der Waals surface area contributed by atoms with E-state index in [1.807, 2.05) is 6.26 Å². The third-order valence-electron chi connectivity index (χ3n) is 3.51. The van der Waals surface area contributed by atoms with E-state index in [1.165, 1.54) is 11.8 Å². The lowest BCUT2D eigenvalue weighted by atomic mass is 10.1. The number of carbonyl (C=O) groups is 5. The van der Waals surface area contributed by atoms with Gasteiger partial charge in [-0.15, -0.1) is 0 Å². The van der Waals surface area contributed by atoms with Gasteiger partial charge in [-0.2, -0.15) is 24.4 Å². The average Bonchev–Trinajstić information content (AvgIpc) is 2.64. The Hall–Kier alpha value is -1.99. The summed E-state index contributed by atoms with van der Waals surface area (Å²) in [6.07, 6.45) is 2.07. The molecule has 13 heteroatoms. The molecule has 0 aliphatic heterocycles. The number of carbonyl (C=O) groups excluding carboxylic acids is 4. The number of carboxylic acids is 1. The fourth-order valence-electron chi connectivity index (χ4n) is 1.96. The highest BCUT2D eigenvalue weighted by molar-refractivity contribution is 7.98. The Morgan fingerprint density at radius 2 is 1.64 bits per heavy atom. The van der Waals surface area contributed by atoms with Crippen molar-refractivity contribution in [2.45, 2.75) is 37.4 Å². The zero-order valence-corrected chi connectivity index (χ0v) is 17.2. The summed E-state index contributed by atoms with van der Waals surface area (Å²) in [7, 11) is 0. The number of thioether (sulfide) groups is 1. The van der Waals surface area contributed by atoms with E-state index in [1.54, 1.807) is 0 Å². The van der Waals surface area contributed by atoms with Crippen LogP contribution in [-0.2, 0) is 24.0 Å². The predicted molar refractivity (Wildman–Crippen MR) is 108 cm³/mol. The molecule has 0 aromatic carbocycles. The molecule has 0 aliphatic rings. The molecule has 0 saturated carbocycles. The van der Waals surface area contributed by atoms with Crippen molar-refractivity contribution in [3.8, 4) is 0 Å². The highest BCUT2D eigenvalue weighted by atomic mass is 32.2. The highest BCUT2D eigenvalue weighted by Crippen LogP contribution is 2.04. The maximum absolute atomic E-state index is 12.5. The number of amides is 4. The third-order valence-corrected chi connectivity index (χ3v) is 4.52. The first-order chi connectivity index (χ1) is 13.1. The Morgan fingerprint density at radius 1 is 1.04 bits per heavy atom. The first kappa shape index (κ1) is 26.0. The van der Waals surface area contributed by atoms with Gasteiger partial charge in [-0.3, -0.25) is 24.0 Å². The lowest BCUT2D eigenvalue weighted by Gasteiger charge is -2.23.